The van der Waals surface area contributed by atoms with Gasteiger partial charge in [0.05, 0.1) is 0 Å². The van der Waals surface area contributed by atoms with Gasteiger partial charge >= 0.3 is 0 Å². The van der Waals surface area contributed by atoms with Crippen LogP contribution in [0.25, 0.3) is 0 Å². The number of rotatable bonds is 5. The largest absolute Gasteiger partial charge is 0.370 e. The van der Waals surface area contributed by atoms with E-state index in [4.69, 9.17) is 17.3 Å². The van der Waals surface area contributed by atoms with Crippen LogP contribution in [0.1, 0.15) is 24.2 Å². The minimum absolute atomic E-state index is 0.245. The molecule has 0 saturated carbocycles. The fourth-order valence-electron chi connectivity index (χ4n) is 1.17. The molecule has 1 aromatic rings. The Kier molecular flexibility index (Phi) is 4.99. The van der Waals surface area contributed by atoms with E-state index >= 15 is 0 Å². The van der Waals surface area contributed by atoms with E-state index in [0.717, 1.165) is 10.8 Å². The second kappa shape index (κ2) is 6.03. The Bertz CT molecular complexity index is 326. The fraction of sp³-hybridized carbons (Fsp3) is 0.364. The Hall–Kier alpha value is -0.670. The molecule has 1 amide bonds. The van der Waals surface area contributed by atoms with Gasteiger partial charge in [0.1, 0.15) is 0 Å². The van der Waals surface area contributed by atoms with Gasteiger partial charge in [-0.25, -0.2) is 0 Å². The molecule has 0 aromatic heterocycles. The molecule has 0 radical (unpaired) electrons. The molecule has 0 unspecified atom stereocenters. The van der Waals surface area contributed by atoms with Crippen LogP contribution in [-0.2, 0) is 4.79 Å². The molecule has 0 bridgehead atoms. The average Bonchev–Trinajstić information content (AvgIpc) is 2.18. The second-order valence-corrected chi connectivity index (χ2v) is 5.17. The van der Waals surface area contributed by atoms with Crippen molar-refractivity contribution < 1.29 is 4.79 Å². The number of benzene rings is 1. The zero-order valence-electron chi connectivity index (χ0n) is 8.57. The van der Waals surface area contributed by atoms with Crippen molar-refractivity contribution in [2.45, 2.75) is 18.6 Å². The Morgan fingerprint density at radius 3 is 2.60 bits per heavy atom. The average molecular weight is 244 g/mol. The van der Waals surface area contributed by atoms with Crippen molar-refractivity contribution in [3.63, 3.8) is 0 Å². The molecule has 0 heterocycles. The molecule has 82 valence electrons. The lowest BCUT2D eigenvalue weighted by Gasteiger charge is -2.10. The Morgan fingerprint density at radius 1 is 1.47 bits per heavy atom. The molecular formula is C11H14ClNOS. The standard InChI is InChI=1S/C11H14ClNOS/c1-8(15-7-6-11(13)14)9-2-4-10(12)5-3-9/h2-5,8H,6-7H2,1H3,(H2,13,14)/t8-/m1/s1. The van der Waals surface area contributed by atoms with Crippen molar-refractivity contribution in [2.75, 3.05) is 5.75 Å². The van der Waals surface area contributed by atoms with Crippen molar-refractivity contribution in [1.29, 1.82) is 0 Å². The summed E-state index contributed by atoms with van der Waals surface area (Å²) in [5.74, 6) is 0.518. The molecular weight excluding hydrogens is 230 g/mol. The van der Waals surface area contributed by atoms with Gasteiger partial charge in [-0.15, -0.1) is 0 Å². The van der Waals surface area contributed by atoms with Crippen molar-refractivity contribution in [3.05, 3.63) is 34.9 Å². The Morgan fingerprint density at radius 2 is 2.07 bits per heavy atom. The van der Waals surface area contributed by atoms with Gasteiger partial charge in [0.15, 0.2) is 0 Å². The lowest BCUT2D eigenvalue weighted by Crippen LogP contribution is -2.11. The number of carbonyl (C=O) groups is 1. The molecule has 0 aliphatic carbocycles. The highest BCUT2D eigenvalue weighted by Gasteiger charge is 2.06. The number of halogens is 1. The van der Waals surface area contributed by atoms with E-state index in [1.807, 2.05) is 24.3 Å². The molecule has 0 spiro atoms. The van der Waals surface area contributed by atoms with Crippen LogP contribution in [0.2, 0.25) is 5.02 Å². The first kappa shape index (κ1) is 12.4. The zero-order valence-corrected chi connectivity index (χ0v) is 10.1. The van der Waals surface area contributed by atoms with Crippen LogP contribution in [0, 0.1) is 0 Å². The van der Waals surface area contributed by atoms with Gasteiger partial charge < -0.3 is 5.73 Å². The summed E-state index contributed by atoms with van der Waals surface area (Å²) in [7, 11) is 0. The van der Waals surface area contributed by atoms with Gasteiger partial charge in [-0.3, -0.25) is 4.79 Å². The van der Waals surface area contributed by atoms with E-state index in [1.54, 1.807) is 11.8 Å². The summed E-state index contributed by atoms with van der Waals surface area (Å²) in [5.41, 5.74) is 6.28. The van der Waals surface area contributed by atoms with Crippen molar-refractivity contribution in [3.8, 4) is 0 Å². The lowest BCUT2D eigenvalue weighted by molar-refractivity contribution is -0.117. The first-order chi connectivity index (χ1) is 7.09. The van der Waals surface area contributed by atoms with Crippen LogP contribution in [0.15, 0.2) is 24.3 Å². The normalized spacial score (nSPS) is 12.4. The molecule has 2 N–H and O–H groups in total. The Balaban J connectivity index is 2.43. The highest BCUT2D eigenvalue weighted by Crippen LogP contribution is 2.29. The van der Waals surface area contributed by atoms with Crippen molar-refractivity contribution in [2.24, 2.45) is 5.73 Å². The number of primary amides is 1. The van der Waals surface area contributed by atoms with Crippen LogP contribution in [0.5, 0.6) is 0 Å². The molecule has 2 nitrogen and oxygen atoms in total. The van der Waals surface area contributed by atoms with Crippen molar-refractivity contribution >= 4 is 29.3 Å². The summed E-state index contributed by atoms with van der Waals surface area (Å²) in [6, 6.07) is 7.76. The van der Waals surface area contributed by atoms with Crippen LogP contribution < -0.4 is 5.73 Å². The number of hydrogen-bond acceptors (Lipinski definition) is 2. The van der Waals surface area contributed by atoms with Crippen molar-refractivity contribution in [1.82, 2.24) is 0 Å². The summed E-state index contributed by atoms with van der Waals surface area (Å²) in [6.07, 6.45) is 0.433. The zero-order chi connectivity index (χ0) is 11.3. The smallest absolute Gasteiger partial charge is 0.218 e. The van der Waals surface area contributed by atoms with Gasteiger partial charge in [-0.1, -0.05) is 23.7 Å². The molecule has 1 rings (SSSR count). The van der Waals surface area contributed by atoms with E-state index in [9.17, 15) is 4.79 Å². The minimum Gasteiger partial charge on any atom is -0.370 e. The molecule has 15 heavy (non-hydrogen) atoms. The summed E-state index contributed by atoms with van der Waals surface area (Å²) < 4.78 is 0. The summed E-state index contributed by atoms with van der Waals surface area (Å²) in [5, 5.41) is 1.11. The number of amides is 1. The van der Waals surface area contributed by atoms with E-state index in [-0.39, 0.29) is 5.91 Å². The van der Waals surface area contributed by atoms with Gasteiger partial charge in [-0.2, -0.15) is 11.8 Å². The van der Waals surface area contributed by atoms with E-state index in [1.165, 1.54) is 5.56 Å². The first-order valence-corrected chi connectivity index (χ1v) is 6.17. The molecule has 0 aliphatic heterocycles. The highest BCUT2D eigenvalue weighted by atomic mass is 35.5. The summed E-state index contributed by atoms with van der Waals surface area (Å²) >= 11 is 7.51. The van der Waals surface area contributed by atoms with Gasteiger partial charge in [0.2, 0.25) is 5.91 Å². The van der Waals surface area contributed by atoms with E-state index in [2.05, 4.69) is 6.92 Å². The highest BCUT2D eigenvalue weighted by molar-refractivity contribution is 7.99. The molecule has 0 aliphatic rings. The SMILES string of the molecule is C[C@@H](SCCC(N)=O)c1ccc(Cl)cc1. The quantitative estimate of drug-likeness (QED) is 0.864. The lowest BCUT2D eigenvalue weighted by atomic mass is 10.2. The Labute approximate surface area is 99.2 Å². The number of thioether (sulfide) groups is 1. The molecule has 1 atom stereocenters. The fourth-order valence-corrected chi connectivity index (χ4v) is 2.31. The molecule has 0 fully saturated rings. The van der Waals surface area contributed by atoms with Crippen LogP contribution in [0.3, 0.4) is 0 Å². The third-order valence-electron chi connectivity index (χ3n) is 2.06. The van der Waals surface area contributed by atoms with Crippen LogP contribution in [-0.4, -0.2) is 11.7 Å². The first-order valence-electron chi connectivity index (χ1n) is 4.75. The molecule has 4 heteroatoms. The number of nitrogens with two attached hydrogens (primary N) is 1. The maximum atomic E-state index is 10.6. The summed E-state index contributed by atoms with van der Waals surface area (Å²) in [4.78, 5) is 10.6. The topological polar surface area (TPSA) is 43.1 Å². The second-order valence-electron chi connectivity index (χ2n) is 3.28. The van der Waals surface area contributed by atoms with Gasteiger partial charge in [0.25, 0.3) is 0 Å². The third kappa shape index (κ3) is 4.58. The monoisotopic (exact) mass is 243 g/mol. The molecule has 1 aromatic carbocycles. The summed E-state index contributed by atoms with van der Waals surface area (Å²) in [6.45, 7) is 2.11. The molecule has 0 saturated heterocycles. The number of hydrogen-bond donors (Lipinski definition) is 1. The van der Waals surface area contributed by atoms with E-state index in [0.29, 0.717) is 11.7 Å². The predicted molar refractivity (Wildman–Crippen MR) is 66.1 cm³/mol. The predicted octanol–water partition coefficient (Wildman–Crippen LogP) is 3.01. The van der Waals surface area contributed by atoms with Gasteiger partial charge in [-0.05, 0) is 24.6 Å². The van der Waals surface area contributed by atoms with Crippen LogP contribution >= 0.6 is 23.4 Å². The maximum absolute atomic E-state index is 10.6. The minimum atomic E-state index is -0.245. The third-order valence-corrected chi connectivity index (χ3v) is 3.52. The van der Waals surface area contributed by atoms with Crippen LogP contribution in [0.4, 0.5) is 0 Å². The van der Waals surface area contributed by atoms with E-state index < -0.39 is 0 Å². The maximum Gasteiger partial charge on any atom is 0.218 e. The number of carbonyl (C=O) groups excluding carboxylic acids is 1. The van der Waals surface area contributed by atoms with Gasteiger partial charge in [0, 0.05) is 22.4 Å².